The molecule has 3 unspecified atom stereocenters. The number of amides is 2. The molecule has 1 heterocycles. The quantitative estimate of drug-likeness (QED) is 0.572. The van der Waals surface area contributed by atoms with Crippen molar-refractivity contribution in [2.24, 2.45) is 5.92 Å². The van der Waals surface area contributed by atoms with E-state index in [1.165, 1.54) is 0 Å². The number of aliphatic hydroxyl groups excluding tert-OH is 1. The number of carbonyl (C=O) groups is 2. The Hall–Kier alpha value is -2.25. The fraction of sp³-hybridized carbons (Fsp3) is 0.412. The number of halogens is 1. The summed E-state index contributed by atoms with van der Waals surface area (Å²) in [6, 6.07) is 6.29. The average Bonchev–Trinajstić information content (AvgIpc) is 2.99. The van der Waals surface area contributed by atoms with E-state index in [2.05, 4.69) is 15.6 Å². The van der Waals surface area contributed by atoms with Gasteiger partial charge >= 0.3 is 6.09 Å². The molecule has 2 aromatic rings. The van der Waals surface area contributed by atoms with E-state index in [1.54, 1.807) is 24.3 Å². The molecule has 5 N–H and O–H groups in total. The molecule has 0 saturated heterocycles. The zero-order valence-corrected chi connectivity index (χ0v) is 14.2. The van der Waals surface area contributed by atoms with Gasteiger partial charge in [-0.3, -0.25) is 4.79 Å². The summed E-state index contributed by atoms with van der Waals surface area (Å²) in [5.41, 5.74) is 1.20. The monoisotopic (exact) mass is 365 g/mol. The Morgan fingerprint density at radius 3 is 2.72 bits per heavy atom. The van der Waals surface area contributed by atoms with E-state index in [1.807, 2.05) is 0 Å². The first-order valence-corrected chi connectivity index (χ1v) is 8.53. The summed E-state index contributed by atoms with van der Waals surface area (Å²) in [6.45, 7) is 0.0151. The van der Waals surface area contributed by atoms with Crippen LogP contribution in [0.1, 0.15) is 29.8 Å². The zero-order valence-electron chi connectivity index (χ0n) is 13.5. The first kappa shape index (κ1) is 17.6. The summed E-state index contributed by atoms with van der Waals surface area (Å²) in [5, 5.41) is 25.1. The van der Waals surface area contributed by atoms with Crippen LogP contribution in [-0.4, -0.2) is 45.9 Å². The number of hydrogen-bond acceptors (Lipinski definition) is 3. The van der Waals surface area contributed by atoms with Crippen LogP contribution in [0, 0.1) is 5.92 Å². The van der Waals surface area contributed by atoms with Gasteiger partial charge in [-0.1, -0.05) is 11.6 Å². The lowest BCUT2D eigenvalue weighted by molar-refractivity contribution is 0.0878. The molecule has 25 heavy (non-hydrogen) atoms. The number of aromatic nitrogens is 1. The Morgan fingerprint density at radius 2 is 2.00 bits per heavy atom. The fourth-order valence-corrected chi connectivity index (χ4v) is 3.57. The highest BCUT2D eigenvalue weighted by molar-refractivity contribution is 6.31. The molecule has 8 heteroatoms. The number of hydrogen-bond donors (Lipinski definition) is 5. The van der Waals surface area contributed by atoms with E-state index < -0.39 is 12.1 Å². The van der Waals surface area contributed by atoms with Crippen molar-refractivity contribution in [2.45, 2.75) is 31.3 Å². The summed E-state index contributed by atoms with van der Waals surface area (Å²) in [5.74, 6) is -0.253. The van der Waals surface area contributed by atoms with Gasteiger partial charge in [0.25, 0.3) is 5.91 Å². The fourth-order valence-electron chi connectivity index (χ4n) is 3.39. The normalized spacial score (nSPS) is 23.4. The van der Waals surface area contributed by atoms with Gasteiger partial charge in [-0.2, -0.15) is 0 Å². The highest BCUT2D eigenvalue weighted by Gasteiger charge is 2.32. The number of aromatic amines is 1. The molecule has 7 nitrogen and oxygen atoms in total. The summed E-state index contributed by atoms with van der Waals surface area (Å²) < 4.78 is 0. The molecule has 1 aromatic heterocycles. The van der Waals surface area contributed by atoms with Crippen molar-refractivity contribution in [3.8, 4) is 0 Å². The maximum Gasteiger partial charge on any atom is 0.404 e. The van der Waals surface area contributed by atoms with Gasteiger partial charge in [0.1, 0.15) is 5.69 Å². The van der Waals surface area contributed by atoms with Crippen molar-refractivity contribution >= 4 is 34.5 Å². The van der Waals surface area contributed by atoms with Gasteiger partial charge in [-0.15, -0.1) is 0 Å². The Kier molecular flexibility index (Phi) is 5.15. The molecule has 3 atom stereocenters. The third-order valence-corrected chi connectivity index (χ3v) is 4.90. The van der Waals surface area contributed by atoms with Crippen LogP contribution in [0.3, 0.4) is 0 Å². The number of nitrogens with one attached hydrogen (secondary N) is 3. The third kappa shape index (κ3) is 4.05. The molecule has 2 amide bonds. The maximum absolute atomic E-state index is 12.5. The van der Waals surface area contributed by atoms with E-state index >= 15 is 0 Å². The second-order valence-electron chi connectivity index (χ2n) is 6.41. The molecule has 1 aliphatic carbocycles. The van der Waals surface area contributed by atoms with Gasteiger partial charge < -0.3 is 25.8 Å². The highest BCUT2D eigenvalue weighted by atomic mass is 35.5. The van der Waals surface area contributed by atoms with Gasteiger partial charge in [0.15, 0.2) is 0 Å². The molecule has 1 saturated carbocycles. The van der Waals surface area contributed by atoms with E-state index in [-0.39, 0.29) is 24.5 Å². The smallest absolute Gasteiger partial charge is 0.404 e. The van der Waals surface area contributed by atoms with Crippen molar-refractivity contribution < 1.29 is 19.8 Å². The van der Waals surface area contributed by atoms with E-state index in [4.69, 9.17) is 16.7 Å². The minimum Gasteiger partial charge on any atom is -0.465 e. The number of rotatable bonds is 4. The molecule has 1 fully saturated rings. The second-order valence-corrected chi connectivity index (χ2v) is 6.85. The predicted octanol–water partition coefficient (Wildman–Crippen LogP) is 2.35. The van der Waals surface area contributed by atoms with Crippen molar-refractivity contribution in [3.63, 3.8) is 0 Å². The van der Waals surface area contributed by atoms with Crippen LogP contribution in [0.2, 0.25) is 5.02 Å². The Labute approximate surface area is 149 Å². The lowest BCUT2D eigenvalue weighted by Crippen LogP contribution is -2.54. The molecule has 0 radical (unpaired) electrons. The van der Waals surface area contributed by atoms with Crippen LogP contribution in [0.25, 0.3) is 10.9 Å². The molecule has 0 aliphatic heterocycles. The van der Waals surface area contributed by atoms with Crippen molar-refractivity contribution in [3.05, 3.63) is 35.0 Å². The molecule has 3 rings (SSSR count). The lowest BCUT2D eigenvalue weighted by Gasteiger charge is -2.35. The summed E-state index contributed by atoms with van der Waals surface area (Å²) in [7, 11) is 0. The van der Waals surface area contributed by atoms with Crippen molar-refractivity contribution in [1.29, 1.82) is 0 Å². The van der Waals surface area contributed by atoms with Gasteiger partial charge in [0, 0.05) is 28.6 Å². The molecule has 0 spiro atoms. The minimum absolute atomic E-state index is 0.0151. The van der Waals surface area contributed by atoms with Crippen molar-refractivity contribution in [1.82, 2.24) is 15.6 Å². The molecule has 1 aromatic carbocycles. The van der Waals surface area contributed by atoms with Crippen molar-refractivity contribution in [2.75, 3.05) is 6.61 Å². The largest absolute Gasteiger partial charge is 0.465 e. The Bertz CT molecular complexity index is 791. The molecule has 0 bridgehead atoms. The highest BCUT2D eigenvalue weighted by Crippen LogP contribution is 2.25. The third-order valence-electron chi connectivity index (χ3n) is 4.67. The number of carboxylic acid groups (broad SMARTS) is 1. The first-order valence-electron chi connectivity index (χ1n) is 8.15. The number of H-pyrrole nitrogens is 1. The van der Waals surface area contributed by atoms with Crippen LogP contribution in [0.15, 0.2) is 24.3 Å². The summed E-state index contributed by atoms with van der Waals surface area (Å²) in [6.07, 6.45) is 0.703. The SMILES string of the molecule is O=C(O)NC1CC(CO)CCC1NC(=O)c1cc2cc(Cl)ccc2[nH]1. The van der Waals surface area contributed by atoms with Gasteiger partial charge in [0.05, 0.1) is 6.04 Å². The van der Waals surface area contributed by atoms with Crippen LogP contribution in [0.5, 0.6) is 0 Å². The van der Waals surface area contributed by atoms with Gasteiger partial charge in [0.2, 0.25) is 0 Å². The van der Waals surface area contributed by atoms with E-state index in [0.717, 1.165) is 17.3 Å². The Morgan fingerprint density at radius 1 is 1.20 bits per heavy atom. The number of aliphatic hydroxyl groups is 1. The molecule has 134 valence electrons. The predicted molar refractivity (Wildman–Crippen MR) is 93.9 cm³/mol. The number of carbonyl (C=O) groups excluding carboxylic acids is 1. The molecular weight excluding hydrogens is 346 g/mol. The van der Waals surface area contributed by atoms with Crippen LogP contribution in [0.4, 0.5) is 4.79 Å². The number of fused-ring (bicyclic) bond motifs is 1. The average molecular weight is 366 g/mol. The topological polar surface area (TPSA) is 114 Å². The molecule has 1 aliphatic rings. The van der Waals surface area contributed by atoms with Crippen LogP contribution in [-0.2, 0) is 0 Å². The van der Waals surface area contributed by atoms with Crippen LogP contribution >= 0.6 is 11.6 Å². The van der Waals surface area contributed by atoms with Gasteiger partial charge in [-0.25, -0.2) is 4.79 Å². The minimum atomic E-state index is -1.14. The van der Waals surface area contributed by atoms with E-state index in [0.29, 0.717) is 23.6 Å². The number of benzene rings is 1. The lowest BCUT2D eigenvalue weighted by atomic mass is 9.82. The van der Waals surface area contributed by atoms with E-state index in [9.17, 15) is 14.7 Å². The second kappa shape index (κ2) is 7.33. The summed E-state index contributed by atoms with van der Waals surface area (Å²) >= 11 is 5.96. The molecular formula is C17H20ClN3O4. The maximum atomic E-state index is 12.5. The van der Waals surface area contributed by atoms with Crippen LogP contribution < -0.4 is 10.6 Å². The zero-order chi connectivity index (χ0) is 18.0. The summed E-state index contributed by atoms with van der Waals surface area (Å²) in [4.78, 5) is 26.6. The van der Waals surface area contributed by atoms with Gasteiger partial charge in [-0.05, 0) is 49.4 Å². The Balaban J connectivity index is 1.74. The first-order chi connectivity index (χ1) is 12.0. The standard InChI is InChI=1S/C17H20ClN3O4/c18-11-2-4-12-10(6-11)7-15(19-12)16(23)20-13-3-1-9(8-22)5-14(13)21-17(24)25/h2,4,6-7,9,13-14,19,21-22H,1,3,5,8H2,(H,20,23)(H,24,25).